The van der Waals surface area contributed by atoms with Crippen molar-refractivity contribution in [2.75, 3.05) is 0 Å². The van der Waals surface area contributed by atoms with E-state index in [1.54, 1.807) is 0 Å². The van der Waals surface area contributed by atoms with Gasteiger partial charge in [0.2, 0.25) is 0 Å². The highest BCUT2D eigenvalue weighted by atomic mass is 16.3. The van der Waals surface area contributed by atoms with Crippen LogP contribution in [0.25, 0.3) is 0 Å². The van der Waals surface area contributed by atoms with E-state index in [9.17, 15) is 5.11 Å². The number of aliphatic hydroxyl groups is 1. The lowest BCUT2D eigenvalue weighted by Crippen LogP contribution is -2.41. The van der Waals surface area contributed by atoms with Crippen LogP contribution < -0.4 is 5.32 Å². The van der Waals surface area contributed by atoms with E-state index >= 15 is 0 Å². The Morgan fingerprint density at radius 2 is 1.46 bits per heavy atom. The van der Waals surface area contributed by atoms with Gasteiger partial charge in [0, 0.05) is 17.9 Å². The molecule has 0 saturated heterocycles. The van der Waals surface area contributed by atoms with Gasteiger partial charge in [0.05, 0.1) is 0 Å². The first-order chi connectivity index (χ1) is 13.8. The van der Waals surface area contributed by atoms with Crippen molar-refractivity contribution in [3.63, 3.8) is 0 Å². The minimum Gasteiger partial charge on any atom is -0.379 e. The molecule has 0 aromatic heterocycles. The number of rotatable bonds is 6. The summed E-state index contributed by atoms with van der Waals surface area (Å²) in [5, 5.41) is 13.9. The Balaban J connectivity index is 1.39. The molecule has 3 aromatic rings. The van der Waals surface area contributed by atoms with Crippen LogP contribution in [0.3, 0.4) is 0 Å². The first kappa shape index (κ1) is 17.7. The van der Waals surface area contributed by atoms with Crippen molar-refractivity contribution in [1.82, 2.24) is 5.32 Å². The second-order valence-electron chi connectivity index (χ2n) is 8.27. The predicted octanol–water partition coefficient (Wildman–Crippen LogP) is 5.10. The minimum absolute atomic E-state index is 0.0390. The van der Waals surface area contributed by atoms with Gasteiger partial charge in [0.15, 0.2) is 0 Å². The van der Waals surface area contributed by atoms with Gasteiger partial charge in [-0.2, -0.15) is 0 Å². The lowest BCUT2D eigenvalue weighted by Gasteiger charge is -2.50. The molecule has 6 rings (SSSR count). The third-order valence-corrected chi connectivity index (χ3v) is 6.79. The molecule has 2 heteroatoms. The van der Waals surface area contributed by atoms with Crippen LogP contribution in [-0.2, 0) is 12.0 Å². The smallest absolute Gasteiger partial charge is 0.105 e. The molecule has 3 aromatic carbocycles. The molecule has 3 aliphatic rings. The van der Waals surface area contributed by atoms with Crippen LogP contribution in [0.5, 0.6) is 0 Å². The second-order valence-corrected chi connectivity index (χ2v) is 8.27. The maximum Gasteiger partial charge on any atom is 0.105 e. The molecule has 0 saturated carbocycles. The van der Waals surface area contributed by atoms with Crippen LogP contribution >= 0.6 is 0 Å². The SMILES string of the molecule is OC(CCC12CCC(c3ccccc31)c1ccccc12)NCc1ccccc1. The van der Waals surface area contributed by atoms with Gasteiger partial charge in [-0.15, -0.1) is 0 Å². The van der Waals surface area contributed by atoms with Crippen LogP contribution in [-0.4, -0.2) is 11.3 Å². The van der Waals surface area contributed by atoms with Gasteiger partial charge < -0.3 is 5.11 Å². The van der Waals surface area contributed by atoms with E-state index in [0.717, 1.165) is 12.8 Å². The molecule has 0 fully saturated rings. The topological polar surface area (TPSA) is 32.3 Å². The van der Waals surface area contributed by atoms with E-state index in [4.69, 9.17) is 0 Å². The molecule has 0 radical (unpaired) electrons. The molecular formula is C26H27NO. The molecule has 0 spiro atoms. The van der Waals surface area contributed by atoms with Gasteiger partial charge >= 0.3 is 0 Å². The largest absolute Gasteiger partial charge is 0.379 e. The Hall–Kier alpha value is -2.42. The number of aliphatic hydroxyl groups excluding tert-OH is 1. The summed E-state index contributed by atoms with van der Waals surface area (Å²) in [5.41, 5.74) is 7.21. The zero-order valence-corrected chi connectivity index (χ0v) is 16.1. The van der Waals surface area contributed by atoms with Crippen molar-refractivity contribution in [2.45, 2.75) is 49.8 Å². The first-order valence-electron chi connectivity index (χ1n) is 10.4. The van der Waals surface area contributed by atoms with E-state index in [1.807, 2.05) is 18.2 Å². The third-order valence-electron chi connectivity index (χ3n) is 6.79. The minimum atomic E-state index is -0.492. The molecule has 142 valence electrons. The summed E-state index contributed by atoms with van der Waals surface area (Å²) in [6, 6.07) is 28.2. The van der Waals surface area contributed by atoms with Crippen LogP contribution in [0.1, 0.15) is 59.4 Å². The summed E-state index contributed by atoms with van der Waals surface area (Å²) in [4.78, 5) is 0. The highest BCUT2D eigenvalue weighted by molar-refractivity contribution is 5.58. The number of hydrogen-bond acceptors (Lipinski definition) is 2. The zero-order chi connectivity index (χ0) is 19.0. The monoisotopic (exact) mass is 369 g/mol. The van der Waals surface area contributed by atoms with E-state index in [0.29, 0.717) is 12.5 Å². The molecule has 0 amide bonds. The van der Waals surface area contributed by atoms with Gasteiger partial charge in [0.1, 0.15) is 6.23 Å². The molecule has 2 N–H and O–H groups in total. The van der Waals surface area contributed by atoms with E-state index in [-0.39, 0.29) is 5.41 Å². The highest BCUT2D eigenvalue weighted by Crippen LogP contribution is 2.58. The Kier molecular flexibility index (Phi) is 4.54. The van der Waals surface area contributed by atoms with E-state index in [2.05, 4.69) is 66.0 Å². The average Bonchev–Trinajstić information content (AvgIpc) is 2.77. The fourth-order valence-electron chi connectivity index (χ4n) is 5.47. The van der Waals surface area contributed by atoms with Crippen LogP contribution in [0.4, 0.5) is 0 Å². The Bertz CT molecular complexity index is 917. The molecule has 0 aliphatic heterocycles. The van der Waals surface area contributed by atoms with Gasteiger partial charge in [-0.1, -0.05) is 78.9 Å². The molecule has 3 aliphatic carbocycles. The van der Waals surface area contributed by atoms with Crippen LogP contribution in [0.15, 0.2) is 78.9 Å². The van der Waals surface area contributed by atoms with E-state index in [1.165, 1.54) is 40.7 Å². The number of benzene rings is 3. The van der Waals surface area contributed by atoms with Crippen LogP contribution in [0.2, 0.25) is 0 Å². The van der Waals surface area contributed by atoms with Crippen molar-refractivity contribution in [3.05, 3.63) is 107 Å². The first-order valence-corrected chi connectivity index (χ1v) is 10.4. The summed E-state index contributed by atoms with van der Waals surface area (Å²) in [7, 11) is 0. The van der Waals surface area contributed by atoms with Gasteiger partial charge in [0.25, 0.3) is 0 Å². The van der Waals surface area contributed by atoms with Crippen molar-refractivity contribution in [1.29, 1.82) is 0 Å². The molecule has 1 atom stereocenters. The van der Waals surface area contributed by atoms with Gasteiger partial charge in [-0.25, -0.2) is 0 Å². The molecule has 28 heavy (non-hydrogen) atoms. The van der Waals surface area contributed by atoms with Crippen molar-refractivity contribution in [2.24, 2.45) is 0 Å². The Morgan fingerprint density at radius 1 is 0.857 bits per heavy atom. The molecular weight excluding hydrogens is 342 g/mol. The van der Waals surface area contributed by atoms with Gasteiger partial charge in [-0.3, -0.25) is 5.32 Å². The normalized spacial score (nSPS) is 23.1. The van der Waals surface area contributed by atoms with Crippen LogP contribution in [0, 0.1) is 0 Å². The summed E-state index contributed by atoms with van der Waals surface area (Å²) in [5.74, 6) is 0.537. The Labute approximate surface area is 167 Å². The Morgan fingerprint density at radius 3 is 2.14 bits per heavy atom. The molecule has 2 bridgehead atoms. The highest BCUT2D eigenvalue weighted by Gasteiger charge is 2.47. The summed E-state index contributed by atoms with van der Waals surface area (Å²) < 4.78 is 0. The lowest BCUT2D eigenvalue weighted by atomic mass is 9.54. The lowest BCUT2D eigenvalue weighted by molar-refractivity contribution is 0.113. The maximum absolute atomic E-state index is 10.6. The summed E-state index contributed by atoms with van der Waals surface area (Å²) in [6.45, 7) is 0.699. The van der Waals surface area contributed by atoms with E-state index < -0.39 is 6.23 Å². The van der Waals surface area contributed by atoms with Gasteiger partial charge in [-0.05, 0) is 53.5 Å². The average molecular weight is 370 g/mol. The molecule has 2 nitrogen and oxygen atoms in total. The predicted molar refractivity (Wildman–Crippen MR) is 113 cm³/mol. The second kappa shape index (κ2) is 7.20. The number of fused-ring (bicyclic) bond motifs is 1. The van der Waals surface area contributed by atoms with Crippen molar-refractivity contribution in [3.8, 4) is 0 Å². The standard InChI is InChI=1S/C26H27NO/c28-25(27-18-19-8-2-1-3-9-19)15-17-26-16-14-20(21-10-4-6-12-23(21)26)22-11-5-7-13-24(22)26/h1-13,20,25,27-28H,14-18H2. The quantitative estimate of drug-likeness (QED) is 0.593. The van der Waals surface area contributed by atoms with Crippen molar-refractivity contribution >= 4 is 0 Å². The zero-order valence-electron chi connectivity index (χ0n) is 16.1. The maximum atomic E-state index is 10.6. The van der Waals surface area contributed by atoms with Crippen molar-refractivity contribution < 1.29 is 5.11 Å². The fourth-order valence-corrected chi connectivity index (χ4v) is 5.47. The molecule has 0 heterocycles. The third kappa shape index (κ3) is 2.88. The summed E-state index contributed by atoms with van der Waals surface area (Å²) in [6.07, 6.45) is 3.61. The number of hydrogen-bond donors (Lipinski definition) is 2. The fraction of sp³-hybridized carbons (Fsp3) is 0.308. The number of nitrogens with one attached hydrogen (secondary N) is 1. The summed E-state index contributed by atoms with van der Waals surface area (Å²) >= 11 is 0. The molecule has 1 unspecified atom stereocenters.